The lowest BCUT2D eigenvalue weighted by molar-refractivity contribution is -0.125. The number of aliphatic imine (C=N–C) groups is 1. The van der Waals surface area contributed by atoms with Crippen LogP contribution in [0.15, 0.2) is 4.99 Å². The van der Waals surface area contributed by atoms with Gasteiger partial charge in [-0.3, -0.25) is 4.99 Å². The molecule has 3 aliphatic carbocycles. The minimum Gasteiger partial charge on any atom is -0.393 e. The summed E-state index contributed by atoms with van der Waals surface area (Å²) in [6.45, 7) is 3.72. The molecular weight excluding hydrogens is 417 g/mol. The lowest BCUT2D eigenvalue weighted by atomic mass is 9.60. The maximum Gasteiger partial charge on any atom is 0.191 e. The first-order chi connectivity index (χ1) is 11.2. The first-order valence-electron chi connectivity index (χ1n) is 9.46. The van der Waals surface area contributed by atoms with Crippen molar-refractivity contribution in [1.29, 1.82) is 0 Å². The van der Waals surface area contributed by atoms with E-state index in [4.69, 9.17) is 4.74 Å². The van der Waals surface area contributed by atoms with Crippen LogP contribution < -0.4 is 10.6 Å². The van der Waals surface area contributed by atoms with Gasteiger partial charge in [0.25, 0.3) is 0 Å². The molecule has 3 N–H and O–H groups in total. The fraction of sp³-hybridized carbons (Fsp3) is 0.944. The van der Waals surface area contributed by atoms with Crippen LogP contribution in [-0.4, -0.2) is 49.5 Å². The largest absolute Gasteiger partial charge is 0.393 e. The van der Waals surface area contributed by atoms with Gasteiger partial charge < -0.3 is 20.5 Å². The maximum absolute atomic E-state index is 9.96. The Morgan fingerprint density at radius 1 is 1.25 bits per heavy atom. The normalized spacial score (nSPS) is 34.7. The number of rotatable bonds is 5. The molecule has 140 valence electrons. The Morgan fingerprint density at radius 3 is 2.58 bits per heavy atom. The highest BCUT2D eigenvalue weighted by molar-refractivity contribution is 14.0. The van der Waals surface area contributed by atoms with Crippen molar-refractivity contribution in [2.45, 2.75) is 76.5 Å². The number of nitrogens with zero attached hydrogens (tertiary/aromatic N) is 1. The number of aliphatic hydroxyl groups is 1. The molecule has 3 fully saturated rings. The molecule has 1 spiro atoms. The summed E-state index contributed by atoms with van der Waals surface area (Å²) in [5.74, 6) is 1.25. The Hall–Kier alpha value is -0.0800. The molecular formula is C18H34IN3O2. The Morgan fingerprint density at radius 2 is 2.00 bits per heavy atom. The summed E-state index contributed by atoms with van der Waals surface area (Å²) in [5, 5.41) is 17.0. The average molecular weight is 451 g/mol. The predicted molar refractivity (Wildman–Crippen MR) is 108 cm³/mol. The number of hydrogen-bond acceptors (Lipinski definition) is 3. The summed E-state index contributed by atoms with van der Waals surface area (Å²) in [5.41, 5.74) is 0.320. The van der Waals surface area contributed by atoms with Gasteiger partial charge in [0, 0.05) is 37.6 Å². The summed E-state index contributed by atoms with van der Waals surface area (Å²) < 4.78 is 5.98. The van der Waals surface area contributed by atoms with E-state index in [1.165, 1.54) is 25.7 Å². The third kappa shape index (κ3) is 4.01. The van der Waals surface area contributed by atoms with E-state index in [9.17, 15) is 5.11 Å². The molecule has 0 saturated heterocycles. The lowest BCUT2D eigenvalue weighted by Crippen LogP contribution is -2.65. The van der Waals surface area contributed by atoms with Crippen molar-refractivity contribution in [3.8, 4) is 0 Å². The van der Waals surface area contributed by atoms with Crippen molar-refractivity contribution in [3.05, 3.63) is 0 Å². The average Bonchev–Trinajstić information content (AvgIpc) is 3.20. The van der Waals surface area contributed by atoms with Crippen LogP contribution in [0.5, 0.6) is 0 Å². The number of hydrogen-bond donors (Lipinski definition) is 3. The fourth-order valence-electron chi connectivity index (χ4n) is 4.93. The zero-order valence-electron chi connectivity index (χ0n) is 15.1. The maximum atomic E-state index is 9.96. The second kappa shape index (κ2) is 9.03. The second-order valence-electron chi connectivity index (χ2n) is 7.53. The van der Waals surface area contributed by atoms with Crippen LogP contribution >= 0.6 is 24.0 Å². The fourth-order valence-corrected chi connectivity index (χ4v) is 4.93. The summed E-state index contributed by atoms with van der Waals surface area (Å²) in [4.78, 5) is 4.39. The third-order valence-electron chi connectivity index (χ3n) is 6.37. The summed E-state index contributed by atoms with van der Waals surface area (Å²) in [6, 6.07) is 0.473. The molecule has 24 heavy (non-hydrogen) atoms. The first-order valence-corrected chi connectivity index (χ1v) is 9.46. The number of guanidine groups is 1. The van der Waals surface area contributed by atoms with Crippen molar-refractivity contribution in [1.82, 2.24) is 10.6 Å². The minimum absolute atomic E-state index is 0. The van der Waals surface area contributed by atoms with Crippen LogP contribution in [0.4, 0.5) is 0 Å². The number of aliphatic hydroxyl groups excluding tert-OH is 1. The molecule has 0 radical (unpaired) electrons. The molecule has 0 aromatic rings. The Balaban J connectivity index is 0.00000208. The van der Waals surface area contributed by atoms with E-state index >= 15 is 0 Å². The predicted octanol–water partition coefficient (Wildman–Crippen LogP) is 2.67. The lowest BCUT2D eigenvalue weighted by Gasteiger charge is -2.54. The summed E-state index contributed by atoms with van der Waals surface area (Å²) in [7, 11) is 1.83. The Kier molecular flexibility index (Phi) is 7.61. The highest BCUT2D eigenvalue weighted by atomic mass is 127. The number of nitrogens with one attached hydrogen (secondary N) is 2. The van der Waals surface area contributed by atoms with Crippen LogP contribution in [-0.2, 0) is 4.74 Å². The minimum atomic E-state index is -0.146. The monoisotopic (exact) mass is 451 g/mol. The molecule has 4 unspecified atom stereocenters. The van der Waals surface area contributed by atoms with Gasteiger partial charge in [0.2, 0.25) is 0 Å². The molecule has 5 nitrogen and oxygen atoms in total. The standard InChI is InChI=1S/C18H33N3O2.HI/c1-3-23-16-11-15(18(16)9-4-5-10-18)21-17(19-2)20-12-13-7-6-8-14(13)22;/h13-16,22H,3-12H2,1-2H3,(H2,19,20,21);1H. The topological polar surface area (TPSA) is 65.9 Å². The Labute approximate surface area is 163 Å². The van der Waals surface area contributed by atoms with E-state index in [0.717, 1.165) is 44.8 Å². The quantitative estimate of drug-likeness (QED) is 0.342. The smallest absolute Gasteiger partial charge is 0.191 e. The molecule has 4 atom stereocenters. The van der Waals surface area contributed by atoms with E-state index < -0.39 is 0 Å². The van der Waals surface area contributed by atoms with Gasteiger partial charge in [-0.05, 0) is 39.0 Å². The van der Waals surface area contributed by atoms with Gasteiger partial charge in [0.1, 0.15) is 0 Å². The third-order valence-corrected chi connectivity index (χ3v) is 6.37. The van der Waals surface area contributed by atoms with Crippen molar-refractivity contribution in [2.75, 3.05) is 20.2 Å². The zero-order valence-corrected chi connectivity index (χ0v) is 17.4. The van der Waals surface area contributed by atoms with Gasteiger partial charge in [-0.2, -0.15) is 0 Å². The van der Waals surface area contributed by atoms with Crippen LogP contribution in [0.3, 0.4) is 0 Å². The Bertz CT molecular complexity index is 426. The van der Waals surface area contributed by atoms with Crippen molar-refractivity contribution >= 4 is 29.9 Å². The van der Waals surface area contributed by atoms with E-state index in [-0.39, 0.29) is 30.1 Å². The van der Waals surface area contributed by atoms with Crippen LogP contribution in [0.25, 0.3) is 0 Å². The molecule has 6 heteroatoms. The zero-order chi connectivity index (χ0) is 16.3. The molecule has 0 amide bonds. The van der Waals surface area contributed by atoms with E-state index in [1.807, 2.05) is 7.05 Å². The summed E-state index contributed by atoms with van der Waals surface area (Å²) in [6.07, 6.45) is 9.74. The molecule has 0 aromatic carbocycles. The molecule has 0 aromatic heterocycles. The van der Waals surface area contributed by atoms with E-state index in [0.29, 0.717) is 23.5 Å². The van der Waals surface area contributed by atoms with Gasteiger partial charge >= 0.3 is 0 Å². The SMILES string of the molecule is CCOC1CC(NC(=NC)NCC2CCCC2O)C12CCCC2.I. The van der Waals surface area contributed by atoms with Crippen LogP contribution in [0.2, 0.25) is 0 Å². The van der Waals surface area contributed by atoms with E-state index in [2.05, 4.69) is 22.5 Å². The van der Waals surface area contributed by atoms with Gasteiger partial charge in [0.15, 0.2) is 5.96 Å². The molecule has 3 saturated carbocycles. The van der Waals surface area contributed by atoms with Crippen molar-refractivity contribution in [2.24, 2.45) is 16.3 Å². The molecule has 3 aliphatic rings. The van der Waals surface area contributed by atoms with Gasteiger partial charge in [0.05, 0.1) is 12.2 Å². The molecule has 0 heterocycles. The van der Waals surface area contributed by atoms with Crippen LogP contribution in [0.1, 0.15) is 58.3 Å². The number of ether oxygens (including phenoxy) is 1. The van der Waals surface area contributed by atoms with Crippen molar-refractivity contribution < 1.29 is 9.84 Å². The first kappa shape index (κ1) is 20.2. The summed E-state index contributed by atoms with van der Waals surface area (Å²) >= 11 is 0. The number of halogens is 1. The van der Waals surface area contributed by atoms with Gasteiger partial charge in [-0.25, -0.2) is 0 Å². The highest BCUT2D eigenvalue weighted by Gasteiger charge is 2.56. The van der Waals surface area contributed by atoms with Crippen LogP contribution in [0, 0.1) is 11.3 Å². The molecule has 0 bridgehead atoms. The highest BCUT2D eigenvalue weighted by Crippen LogP contribution is 2.54. The van der Waals surface area contributed by atoms with Gasteiger partial charge in [-0.1, -0.05) is 19.3 Å². The van der Waals surface area contributed by atoms with E-state index in [1.54, 1.807) is 0 Å². The molecule has 3 rings (SSSR count). The van der Waals surface area contributed by atoms with Gasteiger partial charge in [-0.15, -0.1) is 24.0 Å². The molecule has 0 aliphatic heterocycles. The second-order valence-corrected chi connectivity index (χ2v) is 7.53. The van der Waals surface area contributed by atoms with Crippen molar-refractivity contribution in [3.63, 3.8) is 0 Å².